The molecule has 2 atom stereocenters. The van der Waals surface area contributed by atoms with Gasteiger partial charge in [-0.2, -0.15) is 0 Å². The van der Waals surface area contributed by atoms with Crippen molar-refractivity contribution in [3.05, 3.63) is 108 Å². The van der Waals surface area contributed by atoms with Gasteiger partial charge in [0.2, 0.25) is 5.90 Å². The quantitative estimate of drug-likeness (QED) is 0.323. The Morgan fingerprint density at radius 3 is 2.42 bits per heavy atom. The van der Waals surface area contributed by atoms with Crippen molar-refractivity contribution in [3.8, 4) is 5.75 Å². The van der Waals surface area contributed by atoms with E-state index in [4.69, 9.17) is 19.6 Å². The molecule has 0 spiro atoms. The number of benzene rings is 3. The Labute approximate surface area is 224 Å². The number of ether oxygens (including phenoxy) is 2. The van der Waals surface area contributed by atoms with Gasteiger partial charge in [0.25, 0.3) is 5.91 Å². The first-order chi connectivity index (χ1) is 18.7. The lowest BCUT2D eigenvalue weighted by molar-refractivity contribution is -0.128. The summed E-state index contributed by atoms with van der Waals surface area (Å²) in [6.45, 7) is 1.20. The molecule has 3 aromatic carbocycles. The molecule has 1 heterocycles. The van der Waals surface area contributed by atoms with Gasteiger partial charge in [-0.15, -0.1) is 0 Å². The van der Waals surface area contributed by atoms with E-state index in [1.165, 1.54) is 0 Å². The third-order valence-corrected chi connectivity index (χ3v) is 6.92. The fraction of sp³-hybridized carbons (Fsp3) is 0.312. The van der Waals surface area contributed by atoms with E-state index in [2.05, 4.69) is 5.32 Å². The molecule has 0 aromatic heterocycles. The molecule has 6 nitrogen and oxygen atoms in total. The molecule has 0 saturated heterocycles. The lowest BCUT2D eigenvalue weighted by atomic mass is 9.84. The van der Waals surface area contributed by atoms with Crippen LogP contribution in [0.2, 0.25) is 0 Å². The number of nitrogens with one attached hydrogen (secondary N) is 1. The van der Waals surface area contributed by atoms with Gasteiger partial charge < -0.3 is 19.9 Å². The number of aliphatic imine (C=N–C) groups is 1. The van der Waals surface area contributed by atoms with Crippen LogP contribution in [0.15, 0.2) is 96.0 Å². The van der Waals surface area contributed by atoms with Gasteiger partial charge in [0, 0.05) is 31.6 Å². The van der Waals surface area contributed by atoms with Gasteiger partial charge in [-0.25, -0.2) is 4.99 Å². The monoisotopic (exact) mass is 510 g/mol. The molecular weight excluding hydrogens is 476 g/mol. The first kappa shape index (κ1) is 25.7. The van der Waals surface area contributed by atoms with Crippen LogP contribution < -0.4 is 10.1 Å². The van der Waals surface area contributed by atoms with Crippen molar-refractivity contribution >= 4 is 17.9 Å². The van der Waals surface area contributed by atoms with Crippen molar-refractivity contribution < 1.29 is 19.4 Å². The van der Waals surface area contributed by atoms with Gasteiger partial charge in [-0.3, -0.25) is 4.79 Å². The molecule has 0 unspecified atom stereocenters. The maximum atomic E-state index is 13.9. The summed E-state index contributed by atoms with van der Waals surface area (Å²) in [7, 11) is 0. The zero-order chi connectivity index (χ0) is 26.2. The van der Waals surface area contributed by atoms with E-state index >= 15 is 0 Å². The van der Waals surface area contributed by atoms with Crippen LogP contribution in [0.1, 0.15) is 48.5 Å². The van der Waals surface area contributed by atoms with E-state index in [9.17, 15) is 4.79 Å². The molecule has 1 aliphatic heterocycles. The molecule has 2 aliphatic rings. The molecule has 196 valence electrons. The maximum Gasteiger partial charge on any atom is 0.252 e. The van der Waals surface area contributed by atoms with E-state index in [1.807, 2.05) is 97.1 Å². The highest BCUT2D eigenvalue weighted by molar-refractivity contribution is 6.01. The molecule has 1 aliphatic carbocycles. The highest BCUT2D eigenvalue weighted by Crippen LogP contribution is 2.43. The minimum atomic E-state index is -1.15. The number of aliphatic hydroxyl groups excluding tert-OH is 1. The van der Waals surface area contributed by atoms with E-state index in [-0.39, 0.29) is 12.5 Å². The Balaban J connectivity index is 1.48. The number of aliphatic hydroxyl groups is 1. The highest BCUT2D eigenvalue weighted by Gasteiger charge is 2.52. The number of carbonyl (C=O) groups is 1. The van der Waals surface area contributed by atoms with Crippen LogP contribution in [0.25, 0.3) is 6.08 Å². The zero-order valence-electron chi connectivity index (χ0n) is 21.5. The molecule has 1 saturated carbocycles. The van der Waals surface area contributed by atoms with E-state index in [0.29, 0.717) is 43.6 Å². The Hall–Kier alpha value is -3.90. The average molecular weight is 511 g/mol. The number of amides is 1. The van der Waals surface area contributed by atoms with Gasteiger partial charge >= 0.3 is 0 Å². The van der Waals surface area contributed by atoms with E-state index < -0.39 is 11.6 Å². The summed E-state index contributed by atoms with van der Waals surface area (Å²) < 4.78 is 12.2. The minimum Gasteiger partial charge on any atom is -0.494 e. The second-order valence-electron chi connectivity index (χ2n) is 9.87. The number of carbonyl (C=O) groups excluding carboxylic acids is 1. The molecule has 1 amide bonds. The van der Waals surface area contributed by atoms with Gasteiger partial charge in [0.1, 0.15) is 5.75 Å². The number of hydrogen-bond acceptors (Lipinski definition) is 5. The van der Waals surface area contributed by atoms with Crippen molar-refractivity contribution in [1.82, 2.24) is 5.32 Å². The third kappa shape index (κ3) is 6.14. The lowest BCUT2D eigenvalue weighted by Gasteiger charge is -2.29. The Morgan fingerprint density at radius 2 is 1.74 bits per heavy atom. The molecule has 2 N–H and O–H groups in total. The van der Waals surface area contributed by atoms with Crippen LogP contribution in [-0.4, -0.2) is 42.2 Å². The molecule has 0 bridgehead atoms. The Morgan fingerprint density at radius 1 is 1.03 bits per heavy atom. The lowest BCUT2D eigenvalue weighted by Crippen LogP contribution is -2.48. The first-order valence-electron chi connectivity index (χ1n) is 13.3. The number of rotatable bonds is 12. The summed E-state index contributed by atoms with van der Waals surface area (Å²) in [5.74, 6) is 1.58. The summed E-state index contributed by atoms with van der Waals surface area (Å²) in [5, 5.41) is 12.2. The summed E-state index contributed by atoms with van der Waals surface area (Å²) >= 11 is 0. The predicted octanol–water partition coefficient (Wildman–Crippen LogP) is 5.33. The average Bonchev–Trinajstić information content (AvgIpc) is 3.72. The highest BCUT2D eigenvalue weighted by atomic mass is 16.5. The molecule has 0 radical (unpaired) electrons. The van der Waals surface area contributed by atoms with E-state index in [1.54, 1.807) is 0 Å². The van der Waals surface area contributed by atoms with Gasteiger partial charge in [-0.1, -0.05) is 72.8 Å². The molecule has 6 heteroatoms. The van der Waals surface area contributed by atoms with Crippen molar-refractivity contribution in [2.45, 2.75) is 37.3 Å². The van der Waals surface area contributed by atoms with Gasteiger partial charge in [0.05, 0.1) is 6.61 Å². The predicted molar refractivity (Wildman–Crippen MR) is 149 cm³/mol. The zero-order valence-corrected chi connectivity index (χ0v) is 21.5. The van der Waals surface area contributed by atoms with Crippen LogP contribution in [-0.2, 0) is 9.53 Å². The molecule has 38 heavy (non-hydrogen) atoms. The SMILES string of the molecule is O=C(NCC1CC1)[C@]1(C/C=C/c2ccccc2)N=C(c2ccc(OCCCO)cc2)O[C@@H]1c1ccccc1. The van der Waals surface area contributed by atoms with Crippen molar-refractivity contribution in [2.75, 3.05) is 19.8 Å². The first-order valence-corrected chi connectivity index (χ1v) is 13.3. The van der Waals surface area contributed by atoms with Gasteiger partial charge in [-0.05, 0) is 54.2 Å². The summed E-state index contributed by atoms with van der Waals surface area (Å²) in [5.41, 5.74) is 1.61. The summed E-state index contributed by atoms with van der Waals surface area (Å²) in [6.07, 6.45) is 6.76. The Bertz CT molecular complexity index is 1250. The molecule has 1 fully saturated rings. The topological polar surface area (TPSA) is 80.2 Å². The smallest absolute Gasteiger partial charge is 0.252 e. The van der Waals surface area contributed by atoms with Crippen LogP contribution in [0.5, 0.6) is 5.75 Å². The van der Waals surface area contributed by atoms with Crippen LogP contribution in [0, 0.1) is 5.92 Å². The maximum absolute atomic E-state index is 13.9. The number of hydrogen-bond donors (Lipinski definition) is 2. The molecule has 3 aromatic rings. The molecule has 5 rings (SSSR count). The fourth-order valence-corrected chi connectivity index (χ4v) is 4.59. The standard InChI is InChI=1S/C32H34N2O4/c35-21-8-22-37-28-18-16-27(17-19-28)30-34-32(31(36)33-23-25-14-15-25,20-7-11-24-9-3-1-4-10-24)29(38-30)26-12-5-2-6-13-26/h1-7,9-13,16-19,25,29,35H,8,14-15,20-23H2,(H,33,36)/b11-7+/t29-,32-/m1/s1. The number of nitrogens with zero attached hydrogens (tertiary/aromatic N) is 1. The van der Waals surface area contributed by atoms with Crippen molar-refractivity contribution in [2.24, 2.45) is 10.9 Å². The van der Waals surface area contributed by atoms with E-state index in [0.717, 1.165) is 29.5 Å². The van der Waals surface area contributed by atoms with Gasteiger partial charge in [0.15, 0.2) is 11.6 Å². The third-order valence-electron chi connectivity index (χ3n) is 6.92. The minimum absolute atomic E-state index is 0.0905. The molecular formula is C32H34N2O4. The van der Waals surface area contributed by atoms with Crippen molar-refractivity contribution in [3.63, 3.8) is 0 Å². The second-order valence-corrected chi connectivity index (χ2v) is 9.87. The normalized spacial score (nSPS) is 20.7. The van der Waals surface area contributed by atoms with Crippen LogP contribution in [0.3, 0.4) is 0 Å². The summed E-state index contributed by atoms with van der Waals surface area (Å²) in [4.78, 5) is 19.0. The summed E-state index contributed by atoms with van der Waals surface area (Å²) in [6, 6.07) is 27.4. The largest absolute Gasteiger partial charge is 0.494 e. The van der Waals surface area contributed by atoms with Crippen molar-refractivity contribution in [1.29, 1.82) is 0 Å². The second kappa shape index (κ2) is 12.1. The Kier molecular flexibility index (Phi) is 8.19. The van der Waals surface area contributed by atoms with Crippen LogP contribution >= 0.6 is 0 Å². The fourth-order valence-electron chi connectivity index (χ4n) is 4.59. The van der Waals surface area contributed by atoms with Crippen LogP contribution in [0.4, 0.5) is 0 Å².